The molecule has 0 fully saturated rings. The minimum atomic E-state index is -3.48. The fraction of sp³-hybridized carbons (Fsp3) is 0.333. The van der Waals surface area contributed by atoms with E-state index >= 15 is 0 Å². The molecule has 0 bridgehead atoms. The van der Waals surface area contributed by atoms with Crippen LogP contribution in [0, 0.1) is 12.3 Å². The number of hydrogen-bond acceptors (Lipinski definition) is 4. The van der Waals surface area contributed by atoms with Gasteiger partial charge < -0.3 is 5.73 Å². The number of nitrogens with two attached hydrogens (primary N) is 1. The van der Waals surface area contributed by atoms with Gasteiger partial charge in [-0.05, 0) is 11.4 Å². The summed E-state index contributed by atoms with van der Waals surface area (Å²) in [5, 5.41) is 1.71. The Kier molecular flexibility index (Phi) is 3.88. The van der Waals surface area contributed by atoms with Gasteiger partial charge in [-0.3, -0.25) is 0 Å². The van der Waals surface area contributed by atoms with E-state index in [9.17, 15) is 8.42 Å². The lowest BCUT2D eigenvalue weighted by Gasteiger charge is -2.14. The van der Waals surface area contributed by atoms with Crippen molar-refractivity contribution in [3.8, 4) is 12.3 Å². The summed E-state index contributed by atoms with van der Waals surface area (Å²) in [7, 11) is -2.03. The van der Waals surface area contributed by atoms with Gasteiger partial charge in [-0.25, -0.2) is 8.42 Å². The lowest BCUT2D eigenvalue weighted by molar-refractivity contribution is 0.502. The third-order valence-electron chi connectivity index (χ3n) is 1.89. The minimum Gasteiger partial charge on any atom is -0.326 e. The number of sulfonamides is 1. The summed E-state index contributed by atoms with van der Waals surface area (Å²) < 4.78 is 25.0. The highest BCUT2D eigenvalue weighted by Gasteiger charge is 2.23. The van der Waals surface area contributed by atoms with E-state index in [4.69, 9.17) is 12.2 Å². The maximum Gasteiger partial charge on any atom is 0.244 e. The number of terminal acetylenes is 1. The Labute approximate surface area is 93.8 Å². The van der Waals surface area contributed by atoms with Crippen LogP contribution in [0.15, 0.2) is 16.3 Å². The van der Waals surface area contributed by atoms with Crippen LogP contribution in [0.5, 0.6) is 0 Å². The molecule has 2 N–H and O–H groups in total. The molecule has 1 heterocycles. The summed E-state index contributed by atoms with van der Waals surface area (Å²) in [5.41, 5.74) is 5.45. The summed E-state index contributed by atoms with van der Waals surface area (Å²) in [5.74, 6) is 2.29. The first-order valence-electron chi connectivity index (χ1n) is 4.20. The van der Waals surface area contributed by atoms with E-state index in [1.165, 1.54) is 18.4 Å². The third-order valence-corrected chi connectivity index (χ3v) is 4.85. The van der Waals surface area contributed by atoms with Crippen LogP contribution in [-0.2, 0) is 16.6 Å². The molecule has 6 heteroatoms. The molecule has 0 aromatic carbocycles. The number of thiophene rings is 1. The van der Waals surface area contributed by atoms with E-state index in [1.54, 1.807) is 11.4 Å². The average molecular weight is 244 g/mol. The van der Waals surface area contributed by atoms with Gasteiger partial charge in [0.25, 0.3) is 0 Å². The lowest BCUT2D eigenvalue weighted by Crippen LogP contribution is -2.27. The van der Waals surface area contributed by atoms with Crippen LogP contribution in [0.3, 0.4) is 0 Å². The molecule has 15 heavy (non-hydrogen) atoms. The maximum atomic E-state index is 11.9. The van der Waals surface area contributed by atoms with Crippen LogP contribution < -0.4 is 5.73 Å². The predicted octanol–water partition coefficient (Wildman–Crippen LogP) is 0.461. The predicted molar refractivity (Wildman–Crippen MR) is 60.9 cm³/mol. The molecular formula is C9H12N2O2S2. The van der Waals surface area contributed by atoms with Gasteiger partial charge in [-0.1, -0.05) is 5.92 Å². The van der Waals surface area contributed by atoms with Gasteiger partial charge in [0, 0.05) is 18.5 Å². The Bertz CT molecular complexity index is 471. The second-order valence-corrected chi connectivity index (χ2v) is 5.89. The fourth-order valence-corrected chi connectivity index (χ4v) is 3.48. The molecule has 82 valence electrons. The van der Waals surface area contributed by atoms with E-state index in [2.05, 4.69) is 5.92 Å². The number of hydrogen-bond donors (Lipinski definition) is 1. The Morgan fingerprint density at radius 3 is 2.87 bits per heavy atom. The highest BCUT2D eigenvalue weighted by atomic mass is 32.2. The van der Waals surface area contributed by atoms with E-state index in [0.717, 1.165) is 4.31 Å². The monoisotopic (exact) mass is 244 g/mol. The van der Waals surface area contributed by atoms with Crippen molar-refractivity contribution in [3.05, 3.63) is 16.3 Å². The zero-order valence-corrected chi connectivity index (χ0v) is 9.94. The molecular weight excluding hydrogens is 232 g/mol. The highest BCUT2D eigenvalue weighted by molar-refractivity contribution is 7.89. The van der Waals surface area contributed by atoms with Crippen LogP contribution in [0.25, 0.3) is 0 Å². The summed E-state index contributed by atoms with van der Waals surface area (Å²) in [6.07, 6.45) is 5.07. The number of rotatable bonds is 4. The van der Waals surface area contributed by atoms with Gasteiger partial charge in [0.05, 0.1) is 11.4 Å². The van der Waals surface area contributed by atoms with Crippen molar-refractivity contribution in [1.82, 2.24) is 4.31 Å². The SMILES string of the molecule is C#CCN(C)S(=O)(=O)c1ccsc1CN. The minimum absolute atomic E-state index is 0.0577. The zero-order chi connectivity index (χ0) is 11.5. The van der Waals surface area contributed by atoms with Crippen molar-refractivity contribution >= 4 is 21.4 Å². The van der Waals surface area contributed by atoms with E-state index in [0.29, 0.717) is 4.88 Å². The molecule has 1 rings (SSSR count). The molecule has 0 aliphatic heterocycles. The largest absolute Gasteiger partial charge is 0.326 e. The molecule has 1 aromatic rings. The van der Waals surface area contributed by atoms with Gasteiger partial charge in [0.15, 0.2) is 0 Å². The smallest absolute Gasteiger partial charge is 0.244 e. The van der Waals surface area contributed by atoms with E-state index in [1.807, 2.05) is 0 Å². The van der Waals surface area contributed by atoms with E-state index < -0.39 is 10.0 Å². The fourth-order valence-electron chi connectivity index (χ4n) is 1.09. The molecule has 1 aromatic heterocycles. The molecule has 0 saturated heterocycles. The van der Waals surface area contributed by atoms with Gasteiger partial charge >= 0.3 is 0 Å². The van der Waals surface area contributed by atoms with E-state index in [-0.39, 0.29) is 18.0 Å². The topological polar surface area (TPSA) is 63.4 Å². The Morgan fingerprint density at radius 1 is 1.67 bits per heavy atom. The first kappa shape index (κ1) is 12.2. The molecule has 0 aliphatic rings. The van der Waals surface area contributed by atoms with Crippen molar-refractivity contribution in [1.29, 1.82) is 0 Å². The molecule has 0 spiro atoms. The van der Waals surface area contributed by atoms with Crippen molar-refractivity contribution < 1.29 is 8.42 Å². The summed E-state index contributed by atoms with van der Waals surface area (Å²) in [4.78, 5) is 0.909. The molecule has 0 radical (unpaired) electrons. The molecule has 0 unspecified atom stereocenters. The maximum absolute atomic E-state index is 11.9. The Morgan fingerprint density at radius 2 is 2.33 bits per heavy atom. The van der Waals surface area contributed by atoms with Gasteiger partial charge in [-0.2, -0.15) is 4.31 Å². The summed E-state index contributed by atoms with van der Waals surface area (Å²) in [6, 6.07) is 1.55. The van der Waals surface area contributed by atoms with Crippen LogP contribution >= 0.6 is 11.3 Å². The first-order valence-corrected chi connectivity index (χ1v) is 6.52. The van der Waals surface area contributed by atoms with Crippen molar-refractivity contribution in [3.63, 3.8) is 0 Å². The van der Waals surface area contributed by atoms with Gasteiger partial charge in [0.1, 0.15) is 0 Å². The number of nitrogens with zero attached hydrogens (tertiary/aromatic N) is 1. The Hall–Kier alpha value is -0.870. The van der Waals surface area contributed by atoms with Gasteiger partial charge in [0.2, 0.25) is 10.0 Å². The average Bonchev–Trinajstić information content (AvgIpc) is 2.66. The second-order valence-electron chi connectivity index (χ2n) is 2.88. The standard InChI is InChI=1S/C9H12N2O2S2/c1-3-5-11(2)15(12,13)9-4-6-14-8(9)7-10/h1,4,6H,5,7,10H2,2H3. The molecule has 0 amide bonds. The summed E-state index contributed by atoms with van der Waals surface area (Å²) >= 11 is 1.33. The molecule has 4 nitrogen and oxygen atoms in total. The van der Waals surface area contributed by atoms with Crippen LogP contribution in [-0.4, -0.2) is 26.3 Å². The molecule has 0 aliphatic carbocycles. The normalized spacial score (nSPS) is 11.6. The van der Waals surface area contributed by atoms with Crippen molar-refractivity contribution in [2.24, 2.45) is 5.73 Å². The van der Waals surface area contributed by atoms with Crippen LogP contribution in [0.2, 0.25) is 0 Å². The zero-order valence-electron chi connectivity index (χ0n) is 8.30. The molecule has 0 saturated carbocycles. The second kappa shape index (κ2) is 4.77. The van der Waals surface area contributed by atoms with Crippen LogP contribution in [0.1, 0.15) is 4.88 Å². The summed E-state index contributed by atoms with van der Waals surface area (Å²) in [6.45, 7) is 0.276. The van der Waals surface area contributed by atoms with Gasteiger partial charge in [-0.15, -0.1) is 17.8 Å². The lowest BCUT2D eigenvalue weighted by atomic mass is 10.5. The van der Waals surface area contributed by atoms with Crippen molar-refractivity contribution in [2.45, 2.75) is 11.4 Å². The Balaban J connectivity index is 3.12. The third kappa shape index (κ3) is 2.38. The molecule has 0 atom stereocenters. The first-order chi connectivity index (χ1) is 7.04. The quantitative estimate of drug-likeness (QED) is 0.783. The van der Waals surface area contributed by atoms with Crippen LogP contribution in [0.4, 0.5) is 0 Å². The highest BCUT2D eigenvalue weighted by Crippen LogP contribution is 2.23. The van der Waals surface area contributed by atoms with Crippen molar-refractivity contribution in [2.75, 3.05) is 13.6 Å².